The summed E-state index contributed by atoms with van der Waals surface area (Å²) in [6.07, 6.45) is 1.23. The molecule has 1 aromatic carbocycles. The Bertz CT molecular complexity index is 819. The second kappa shape index (κ2) is 8.81. The molecule has 1 unspecified atom stereocenters. The van der Waals surface area contributed by atoms with Crippen LogP contribution in [0.4, 0.5) is 5.69 Å². The number of ether oxygens (including phenoxy) is 1. The third kappa shape index (κ3) is 4.57. The fourth-order valence-corrected chi connectivity index (χ4v) is 4.66. The van der Waals surface area contributed by atoms with Crippen LogP contribution >= 0.6 is 0 Å². The van der Waals surface area contributed by atoms with E-state index < -0.39 is 34.1 Å². The molecular weight excluding hydrogens is 384 g/mol. The summed E-state index contributed by atoms with van der Waals surface area (Å²) in [6.45, 7) is 6.22. The lowest BCUT2D eigenvalue weighted by molar-refractivity contribution is -0.152. The van der Waals surface area contributed by atoms with Gasteiger partial charge in [-0.3, -0.25) is 13.9 Å². The van der Waals surface area contributed by atoms with Gasteiger partial charge < -0.3 is 14.7 Å². The number of nitrogens with zero attached hydrogens (tertiary/aromatic N) is 2. The topological polar surface area (TPSA) is 104 Å². The van der Waals surface area contributed by atoms with E-state index in [4.69, 9.17) is 9.84 Å². The summed E-state index contributed by atoms with van der Waals surface area (Å²) in [5.74, 6) is -1.04. The van der Waals surface area contributed by atoms with E-state index in [9.17, 15) is 18.0 Å². The fraction of sp³-hybridized carbons (Fsp3) is 0.579. The molecule has 1 fully saturated rings. The molecule has 3 rings (SSSR count). The number of hydrogen-bond donors (Lipinski definition) is 1. The smallest absolute Gasteiger partial charge is 0.310 e. The Morgan fingerprint density at radius 3 is 2.39 bits per heavy atom. The molecule has 2 atom stereocenters. The second-order valence-corrected chi connectivity index (χ2v) is 8.66. The highest BCUT2D eigenvalue weighted by Gasteiger charge is 2.39. The lowest BCUT2D eigenvalue weighted by Crippen LogP contribution is -2.54. The van der Waals surface area contributed by atoms with Crippen molar-refractivity contribution in [2.24, 2.45) is 5.92 Å². The molecule has 1 saturated heterocycles. The quantitative estimate of drug-likeness (QED) is 0.793. The Kier molecular flexibility index (Phi) is 6.92. The number of rotatable bonds is 5. The van der Waals surface area contributed by atoms with E-state index >= 15 is 0 Å². The maximum atomic E-state index is 12.2. The minimum absolute atomic E-state index is 0.136. The van der Waals surface area contributed by atoms with Gasteiger partial charge in [0.05, 0.1) is 23.9 Å². The molecule has 0 bridgehead atoms. The van der Waals surface area contributed by atoms with Gasteiger partial charge in [0.25, 0.3) is 0 Å². The Hall–Kier alpha value is -2.29. The van der Waals surface area contributed by atoms with Crippen LogP contribution in [0.2, 0.25) is 0 Å². The average Bonchev–Trinajstić information content (AvgIpc) is 2.58. The predicted octanol–water partition coefficient (Wildman–Crippen LogP) is 1.95. The van der Waals surface area contributed by atoms with Gasteiger partial charge in [-0.2, -0.15) is 0 Å². The van der Waals surface area contributed by atoms with E-state index in [0.29, 0.717) is 17.9 Å². The summed E-state index contributed by atoms with van der Waals surface area (Å²) in [7, 11) is -3.49. The highest BCUT2D eigenvalue weighted by atomic mass is 32.2. The summed E-state index contributed by atoms with van der Waals surface area (Å²) in [6, 6.07) is 6.47. The minimum Gasteiger partial charge on any atom is -0.486 e. The summed E-state index contributed by atoms with van der Waals surface area (Å²) in [5, 5.41) is 8.88. The monoisotopic (exact) mass is 412 g/mol. The SMILES string of the molecule is CC.C[C@@H]1C(CCC(=O)N2CC(C(=O)O)C2)Oc2ccccc2N1S(C)(=O)=O. The van der Waals surface area contributed by atoms with Crippen LogP contribution < -0.4 is 9.04 Å². The first-order chi connectivity index (χ1) is 13.2. The molecule has 156 valence electrons. The van der Waals surface area contributed by atoms with E-state index in [2.05, 4.69) is 0 Å². The molecule has 2 aliphatic heterocycles. The van der Waals surface area contributed by atoms with Crippen LogP contribution in [0.3, 0.4) is 0 Å². The van der Waals surface area contributed by atoms with Gasteiger partial charge in [0.1, 0.15) is 11.9 Å². The molecule has 0 radical (unpaired) electrons. The van der Waals surface area contributed by atoms with Crippen molar-refractivity contribution in [1.29, 1.82) is 0 Å². The van der Waals surface area contributed by atoms with E-state index in [1.807, 2.05) is 13.8 Å². The maximum absolute atomic E-state index is 12.2. The van der Waals surface area contributed by atoms with Crippen LogP contribution in [-0.4, -0.2) is 61.8 Å². The molecular formula is C19H28N2O6S. The standard InChI is InChI=1S/C17H22N2O6S.C2H6/c1-11-14(7-8-16(20)18-9-12(10-18)17(21)22)25-15-6-4-3-5-13(15)19(11)26(2,23)24;1-2/h3-6,11-12,14H,7-10H2,1-2H3,(H,21,22);1-2H3/t11-,14?;/m1./s1. The molecule has 28 heavy (non-hydrogen) atoms. The van der Waals surface area contributed by atoms with Crippen molar-refractivity contribution in [3.63, 3.8) is 0 Å². The van der Waals surface area contributed by atoms with E-state index in [0.717, 1.165) is 6.26 Å². The largest absolute Gasteiger partial charge is 0.486 e. The van der Waals surface area contributed by atoms with Gasteiger partial charge in [-0.1, -0.05) is 26.0 Å². The van der Waals surface area contributed by atoms with Crippen LogP contribution in [0, 0.1) is 5.92 Å². The number of anilines is 1. The van der Waals surface area contributed by atoms with Crippen LogP contribution in [0.1, 0.15) is 33.6 Å². The van der Waals surface area contributed by atoms with Gasteiger partial charge in [0.2, 0.25) is 15.9 Å². The molecule has 1 aromatic rings. The normalized spacial score (nSPS) is 21.6. The first kappa shape index (κ1) is 22.0. The summed E-state index contributed by atoms with van der Waals surface area (Å²) < 4.78 is 31.8. The zero-order valence-corrected chi connectivity index (χ0v) is 17.5. The van der Waals surface area contributed by atoms with Gasteiger partial charge in [-0.15, -0.1) is 0 Å². The van der Waals surface area contributed by atoms with Gasteiger partial charge in [-0.05, 0) is 25.5 Å². The molecule has 1 amide bonds. The number of sulfonamides is 1. The zero-order chi connectivity index (χ0) is 21.1. The van der Waals surface area contributed by atoms with Gasteiger partial charge in [0.15, 0.2) is 0 Å². The third-order valence-corrected chi connectivity index (χ3v) is 6.12. The van der Waals surface area contributed by atoms with Gasteiger partial charge in [0, 0.05) is 19.5 Å². The maximum Gasteiger partial charge on any atom is 0.310 e. The highest BCUT2D eigenvalue weighted by molar-refractivity contribution is 7.92. The van der Waals surface area contributed by atoms with Crippen LogP contribution in [-0.2, 0) is 19.6 Å². The molecule has 0 aliphatic carbocycles. The molecule has 1 N–H and O–H groups in total. The molecule has 9 heteroatoms. The average molecular weight is 413 g/mol. The van der Waals surface area contributed by atoms with Crippen LogP contribution in [0.15, 0.2) is 24.3 Å². The number of aliphatic carboxylic acids is 1. The number of para-hydroxylation sites is 2. The van der Waals surface area contributed by atoms with E-state index in [-0.39, 0.29) is 25.4 Å². The molecule has 0 saturated carbocycles. The van der Waals surface area contributed by atoms with E-state index in [1.165, 1.54) is 9.21 Å². The fourth-order valence-electron chi connectivity index (χ4n) is 3.41. The van der Waals surface area contributed by atoms with Crippen molar-refractivity contribution in [1.82, 2.24) is 4.90 Å². The van der Waals surface area contributed by atoms with Gasteiger partial charge in [-0.25, -0.2) is 8.42 Å². The lowest BCUT2D eigenvalue weighted by atomic mass is 9.98. The third-order valence-electron chi connectivity index (χ3n) is 4.87. The van der Waals surface area contributed by atoms with Crippen molar-refractivity contribution in [3.8, 4) is 5.75 Å². The second-order valence-electron chi connectivity index (χ2n) is 6.80. The van der Waals surface area contributed by atoms with Crippen molar-refractivity contribution < 1.29 is 27.9 Å². The molecule has 2 aliphatic rings. The van der Waals surface area contributed by atoms with Gasteiger partial charge >= 0.3 is 5.97 Å². The molecule has 2 heterocycles. The molecule has 0 spiro atoms. The summed E-state index contributed by atoms with van der Waals surface area (Å²) in [5.41, 5.74) is 0.497. The number of amides is 1. The van der Waals surface area contributed by atoms with Crippen LogP contribution in [0.25, 0.3) is 0 Å². The van der Waals surface area contributed by atoms with E-state index in [1.54, 1.807) is 31.2 Å². The number of carboxylic acids is 1. The first-order valence-electron chi connectivity index (χ1n) is 9.44. The number of fused-ring (bicyclic) bond motifs is 1. The molecule has 8 nitrogen and oxygen atoms in total. The summed E-state index contributed by atoms with van der Waals surface area (Å²) >= 11 is 0. The Morgan fingerprint density at radius 2 is 1.82 bits per heavy atom. The predicted molar refractivity (Wildman–Crippen MR) is 106 cm³/mol. The van der Waals surface area contributed by atoms with Crippen molar-refractivity contribution in [3.05, 3.63) is 24.3 Å². The van der Waals surface area contributed by atoms with Crippen molar-refractivity contribution in [2.45, 2.75) is 45.8 Å². The Balaban J connectivity index is 0.00000136. The minimum atomic E-state index is -3.49. The number of carbonyl (C=O) groups is 2. The van der Waals surface area contributed by atoms with Crippen LogP contribution in [0.5, 0.6) is 5.75 Å². The first-order valence-corrected chi connectivity index (χ1v) is 11.3. The number of benzene rings is 1. The number of carbonyl (C=O) groups excluding carboxylic acids is 1. The number of hydrogen-bond acceptors (Lipinski definition) is 5. The van der Waals surface area contributed by atoms with Crippen molar-refractivity contribution >= 4 is 27.6 Å². The number of carboxylic acid groups (broad SMARTS) is 1. The Morgan fingerprint density at radius 1 is 1.21 bits per heavy atom. The highest BCUT2D eigenvalue weighted by Crippen LogP contribution is 2.38. The Labute approximate surface area is 166 Å². The lowest BCUT2D eigenvalue weighted by Gasteiger charge is -2.41. The van der Waals surface area contributed by atoms with Crippen molar-refractivity contribution in [2.75, 3.05) is 23.7 Å². The zero-order valence-electron chi connectivity index (χ0n) is 16.7. The number of likely N-dealkylation sites (tertiary alicyclic amines) is 1. The summed E-state index contributed by atoms with van der Waals surface area (Å²) in [4.78, 5) is 24.5. The molecule has 0 aromatic heterocycles.